The van der Waals surface area contributed by atoms with E-state index < -0.39 is 0 Å². The summed E-state index contributed by atoms with van der Waals surface area (Å²) in [6.45, 7) is 4.09. The third-order valence-corrected chi connectivity index (χ3v) is 2.03. The Morgan fingerprint density at radius 1 is 1.31 bits per heavy atom. The van der Waals surface area contributed by atoms with Gasteiger partial charge in [-0.3, -0.25) is 0 Å². The Morgan fingerprint density at radius 3 is 2.54 bits per heavy atom. The van der Waals surface area contributed by atoms with Crippen LogP contribution in [0.2, 0.25) is 0 Å². The normalized spacial score (nSPS) is 9.23. The van der Waals surface area contributed by atoms with Crippen LogP contribution in [0.3, 0.4) is 0 Å². The number of nitrogens with zero attached hydrogens (tertiary/aromatic N) is 1. The van der Waals surface area contributed by atoms with Crippen molar-refractivity contribution in [1.29, 1.82) is 0 Å². The number of terminal acetylenes is 1. The maximum absolute atomic E-state index is 5.23. The fourth-order valence-electron chi connectivity index (χ4n) is 1.31. The van der Waals surface area contributed by atoms with E-state index in [1.807, 2.05) is 18.2 Å². The summed E-state index contributed by atoms with van der Waals surface area (Å²) in [4.78, 5) is 2.28. The van der Waals surface area contributed by atoms with Crippen molar-refractivity contribution >= 4 is 5.69 Å². The van der Waals surface area contributed by atoms with Crippen LogP contribution < -0.4 is 4.90 Å². The molecule has 0 aliphatic carbocycles. The molecule has 1 nitrogen and oxygen atoms in total. The van der Waals surface area contributed by atoms with Crippen molar-refractivity contribution in [3.63, 3.8) is 0 Å². The lowest BCUT2D eigenvalue weighted by Gasteiger charge is -2.21. The Balaban J connectivity index is 2.63. The van der Waals surface area contributed by atoms with Crippen LogP contribution in [0.4, 0.5) is 5.69 Å². The zero-order chi connectivity index (χ0) is 9.52. The first kappa shape index (κ1) is 9.67. The summed E-state index contributed by atoms with van der Waals surface area (Å²) in [6, 6.07) is 10.3. The summed E-state index contributed by atoms with van der Waals surface area (Å²) in [5.41, 5.74) is 1.25. The van der Waals surface area contributed by atoms with Crippen LogP contribution >= 0.6 is 0 Å². The SMILES string of the molecule is C#CCCN(CC)c1ccccc1. The summed E-state index contributed by atoms with van der Waals surface area (Å²) in [5, 5.41) is 0. The first-order valence-electron chi connectivity index (χ1n) is 4.62. The molecule has 0 unspecified atom stereocenters. The number of benzene rings is 1. The van der Waals surface area contributed by atoms with Gasteiger partial charge < -0.3 is 4.90 Å². The van der Waals surface area contributed by atoms with E-state index in [1.54, 1.807) is 0 Å². The Bertz CT molecular complexity index is 271. The zero-order valence-corrected chi connectivity index (χ0v) is 8.03. The van der Waals surface area contributed by atoms with E-state index in [2.05, 4.69) is 29.9 Å². The minimum atomic E-state index is 0.808. The highest BCUT2D eigenvalue weighted by molar-refractivity contribution is 5.45. The van der Waals surface area contributed by atoms with E-state index in [1.165, 1.54) is 5.69 Å². The summed E-state index contributed by atoms with van der Waals surface area (Å²) < 4.78 is 0. The lowest BCUT2D eigenvalue weighted by atomic mass is 10.2. The molecule has 0 saturated carbocycles. The van der Waals surface area contributed by atoms with Crippen molar-refractivity contribution in [1.82, 2.24) is 0 Å². The molecule has 0 bridgehead atoms. The van der Waals surface area contributed by atoms with Crippen LogP contribution in [0.25, 0.3) is 0 Å². The van der Waals surface area contributed by atoms with Gasteiger partial charge in [-0.15, -0.1) is 12.3 Å². The first-order valence-corrected chi connectivity index (χ1v) is 4.62. The van der Waals surface area contributed by atoms with Gasteiger partial charge in [0, 0.05) is 25.2 Å². The van der Waals surface area contributed by atoms with Crippen LogP contribution in [0.5, 0.6) is 0 Å². The highest BCUT2D eigenvalue weighted by Gasteiger charge is 2.00. The van der Waals surface area contributed by atoms with Gasteiger partial charge in [0.2, 0.25) is 0 Å². The average molecular weight is 173 g/mol. The highest BCUT2D eigenvalue weighted by Crippen LogP contribution is 2.12. The lowest BCUT2D eigenvalue weighted by Crippen LogP contribution is -2.23. The molecule has 0 aliphatic heterocycles. The quantitative estimate of drug-likeness (QED) is 0.632. The van der Waals surface area contributed by atoms with Gasteiger partial charge in [0.1, 0.15) is 0 Å². The standard InChI is InChI=1S/C12H15N/c1-3-5-11-13(4-2)12-9-7-6-8-10-12/h1,6-10H,4-5,11H2,2H3. The van der Waals surface area contributed by atoms with E-state index in [9.17, 15) is 0 Å². The van der Waals surface area contributed by atoms with Gasteiger partial charge in [-0.05, 0) is 19.1 Å². The van der Waals surface area contributed by atoms with Gasteiger partial charge in [-0.1, -0.05) is 18.2 Å². The van der Waals surface area contributed by atoms with Crippen LogP contribution in [-0.4, -0.2) is 13.1 Å². The third kappa shape index (κ3) is 2.83. The van der Waals surface area contributed by atoms with Gasteiger partial charge in [0.15, 0.2) is 0 Å². The first-order chi connectivity index (χ1) is 6.38. The zero-order valence-electron chi connectivity index (χ0n) is 8.03. The van der Waals surface area contributed by atoms with Gasteiger partial charge in [-0.2, -0.15) is 0 Å². The molecule has 0 saturated heterocycles. The monoisotopic (exact) mass is 173 g/mol. The maximum Gasteiger partial charge on any atom is 0.0366 e. The predicted octanol–water partition coefficient (Wildman–Crippen LogP) is 2.54. The van der Waals surface area contributed by atoms with Gasteiger partial charge >= 0.3 is 0 Å². The highest BCUT2D eigenvalue weighted by atomic mass is 15.1. The molecule has 0 amide bonds. The molecule has 0 radical (unpaired) electrons. The number of para-hydroxylation sites is 1. The largest absolute Gasteiger partial charge is 0.371 e. The number of rotatable bonds is 4. The molecule has 13 heavy (non-hydrogen) atoms. The topological polar surface area (TPSA) is 3.24 Å². The molecular weight excluding hydrogens is 158 g/mol. The Morgan fingerprint density at radius 2 is 2.00 bits per heavy atom. The van der Waals surface area contributed by atoms with Crippen molar-refractivity contribution in [2.75, 3.05) is 18.0 Å². The molecule has 0 atom stereocenters. The molecule has 1 aromatic rings. The molecule has 1 aromatic carbocycles. The molecule has 0 N–H and O–H groups in total. The molecule has 68 valence electrons. The molecule has 0 heterocycles. The van der Waals surface area contributed by atoms with E-state index >= 15 is 0 Å². The van der Waals surface area contributed by atoms with Crippen LogP contribution in [0.1, 0.15) is 13.3 Å². The summed E-state index contributed by atoms with van der Waals surface area (Å²) in [7, 11) is 0. The fraction of sp³-hybridized carbons (Fsp3) is 0.333. The Hall–Kier alpha value is -1.42. The molecule has 0 spiro atoms. The number of hydrogen-bond donors (Lipinski definition) is 0. The summed E-state index contributed by atoms with van der Waals surface area (Å²) >= 11 is 0. The van der Waals surface area contributed by atoms with Crippen molar-refractivity contribution in [3.8, 4) is 12.3 Å². The molecule has 0 aromatic heterocycles. The third-order valence-electron chi connectivity index (χ3n) is 2.03. The van der Waals surface area contributed by atoms with Crippen molar-refractivity contribution in [2.45, 2.75) is 13.3 Å². The number of hydrogen-bond acceptors (Lipinski definition) is 1. The van der Waals surface area contributed by atoms with E-state index in [0.717, 1.165) is 19.5 Å². The average Bonchev–Trinajstić information content (AvgIpc) is 2.21. The Labute approximate surface area is 80.4 Å². The minimum absolute atomic E-state index is 0.808. The van der Waals surface area contributed by atoms with E-state index in [4.69, 9.17) is 6.42 Å². The van der Waals surface area contributed by atoms with Gasteiger partial charge in [0.25, 0.3) is 0 Å². The van der Waals surface area contributed by atoms with Crippen molar-refractivity contribution in [2.24, 2.45) is 0 Å². The second-order valence-electron chi connectivity index (χ2n) is 2.87. The lowest BCUT2D eigenvalue weighted by molar-refractivity contribution is 0.831. The Kier molecular flexibility index (Phi) is 3.92. The molecule has 0 fully saturated rings. The van der Waals surface area contributed by atoms with Crippen LogP contribution in [0, 0.1) is 12.3 Å². The predicted molar refractivity (Wildman–Crippen MR) is 57.8 cm³/mol. The van der Waals surface area contributed by atoms with Gasteiger partial charge in [0.05, 0.1) is 0 Å². The maximum atomic E-state index is 5.23. The second kappa shape index (κ2) is 5.27. The van der Waals surface area contributed by atoms with Crippen molar-refractivity contribution in [3.05, 3.63) is 30.3 Å². The van der Waals surface area contributed by atoms with E-state index in [0.29, 0.717) is 0 Å². The number of anilines is 1. The van der Waals surface area contributed by atoms with Crippen LogP contribution in [-0.2, 0) is 0 Å². The summed E-state index contributed by atoms with van der Waals surface area (Å²) in [5.74, 6) is 2.66. The minimum Gasteiger partial charge on any atom is -0.371 e. The van der Waals surface area contributed by atoms with Gasteiger partial charge in [-0.25, -0.2) is 0 Å². The molecule has 0 aliphatic rings. The fourth-order valence-corrected chi connectivity index (χ4v) is 1.31. The second-order valence-corrected chi connectivity index (χ2v) is 2.87. The van der Waals surface area contributed by atoms with Crippen LogP contribution in [0.15, 0.2) is 30.3 Å². The molecule has 1 rings (SSSR count). The summed E-state index contributed by atoms with van der Waals surface area (Å²) in [6.07, 6.45) is 6.04. The molecule has 1 heteroatoms. The van der Waals surface area contributed by atoms with E-state index in [-0.39, 0.29) is 0 Å². The molecular formula is C12H15N. The smallest absolute Gasteiger partial charge is 0.0366 e. The van der Waals surface area contributed by atoms with Crippen molar-refractivity contribution < 1.29 is 0 Å².